The summed E-state index contributed by atoms with van der Waals surface area (Å²) < 4.78 is 0. The second kappa shape index (κ2) is 5.92. The lowest BCUT2D eigenvalue weighted by Gasteiger charge is -2.23. The van der Waals surface area contributed by atoms with Crippen molar-refractivity contribution in [1.29, 1.82) is 0 Å². The van der Waals surface area contributed by atoms with Gasteiger partial charge in [0.05, 0.1) is 0 Å². The zero-order valence-corrected chi connectivity index (χ0v) is 6.78. The van der Waals surface area contributed by atoms with E-state index in [0.717, 1.165) is 26.1 Å². The summed E-state index contributed by atoms with van der Waals surface area (Å²) in [7, 11) is 0. The Morgan fingerprint density at radius 3 is 2.70 bits per heavy atom. The van der Waals surface area contributed by atoms with Gasteiger partial charge in [-0.3, -0.25) is 0 Å². The lowest BCUT2D eigenvalue weighted by Crippen LogP contribution is -2.48. The van der Waals surface area contributed by atoms with E-state index in [1.54, 1.807) is 0 Å². The average molecular weight is 167 g/mol. The molecule has 1 fully saturated rings. The first kappa shape index (κ1) is 10.2. The summed E-state index contributed by atoms with van der Waals surface area (Å²) in [5, 5.41) is 15.1. The van der Waals surface area contributed by atoms with Gasteiger partial charge in [0.1, 0.15) is 0 Å². The maximum atomic E-state index is 8.55. The highest BCUT2D eigenvalue weighted by atomic mass is 35.5. The summed E-state index contributed by atoms with van der Waals surface area (Å²) >= 11 is 0. The van der Waals surface area contributed by atoms with Crippen LogP contribution in [0.4, 0.5) is 0 Å². The van der Waals surface area contributed by atoms with Gasteiger partial charge >= 0.3 is 0 Å². The van der Waals surface area contributed by atoms with Gasteiger partial charge in [0.15, 0.2) is 0 Å². The molecule has 0 aliphatic carbocycles. The van der Waals surface area contributed by atoms with Crippen LogP contribution in [0.3, 0.4) is 0 Å². The molecule has 3 N–H and O–H groups in total. The van der Waals surface area contributed by atoms with E-state index < -0.39 is 0 Å². The maximum absolute atomic E-state index is 8.55. The Hall–Kier alpha value is 0.170. The Morgan fingerprint density at radius 1 is 1.40 bits per heavy atom. The molecule has 1 heterocycles. The van der Waals surface area contributed by atoms with Gasteiger partial charge in [-0.15, -0.1) is 12.4 Å². The lowest BCUT2D eigenvalue weighted by molar-refractivity contribution is 0.255. The Balaban J connectivity index is 0.000000810. The molecule has 0 amide bonds. The van der Waals surface area contributed by atoms with Crippen LogP contribution in [0.15, 0.2) is 0 Å². The summed E-state index contributed by atoms with van der Waals surface area (Å²) in [5.41, 5.74) is 0. The fourth-order valence-electron chi connectivity index (χ4n) is 1.07. The van der Waals surface area contributed by atoms with E-state index in [1.165, 1.54) is 0 Å². The number of hydrogen-bond acceptors (Lipinski definition) is 3. The van der Waals surface area contributed by atoms with Crippen molar-refractivity contribution in [3.05, 3.63) is 0 Å². The van der Waals surface area contributed by atoms with Crippen molar-refractivity contribution in [3.63, 3.8) is 0 Å². The predicted molar refractivity (Wildman–Crippen MR) is 43.6 cm³/mol. The Labute approximate surface area is 67.6 Å². The lowest BCUT2D eigenvalue weighted by atomic mass is 10.2. The molecular weight excluding hydrogens is 152 g/mol. The number of halogens is 1. The summed E-state index contributed by atoms with van der Waals surface area (Å²) in [5.74, 6) is 0. The number of rotatable bonds is 2. The SMILES string of the molecule is Cl.OCCC1CNCCN1. The van der Waals surface area contributed by atoms with Crippen LogP contribution < -0.4 is 10.6 Å². The largest absolute Gasteiger partial charge is 0.396 e. The minimum Gasteiger partial charge on any atom is -0.396 e. The van der Waals surface area contributed by atoms with Crippen molar-refractivity contribution in [3.8, 4) is 0 Å². The van der Waals surface area contributed by atoms with Gasteiger partial charge in [0, 0.05) is 32.3 Å². The summed E-state index contributed by atoms with van der Waals surface area (Å²) in [4.78, 5) is 0. The quantitative estimate of drug-likeness (QED) is 0.511. The third-order valence-electron chi connectivity index (χ3n) is 1.60. The van der Waals surface area contributed by atoms with Gasteiger partial charge in [-0.2, -0.15) is 0 Å². The number of piperazine rings is 1. The molecule has 4 heteroatoms. The molecule has 0 aromatic rings. The van der Waals surface area contributed by atoms with Crippen LogP contribution in [0.5, 0.6) is 0 Å². The fraction of sp³-hybridized carbons (Fsp3) is 1.00. The summed E-state index contributed by atoms with van der Waals surface area (Å²) in [6, 6.07) is 0.490. The minimum atomic E-state index is 0. The number of aliphatic hydroxyl groups is 1. The highest BCUT2D eigenvalue weighted by molar-refractivity contribution is 5.85. The molecule has 1 aliphatic rings. The van der Waals surface area contributed by atoms with E-state index in [1.807, 2.05) is 0 Å². The average Bonchev–Trinajstić information content (AvgIpc) is 1.91. The molecule has 3 nitrogen and oxygen atoms in total. The Bertz CT molecular complexity index is 73.4. The van der Waals surface area contributed by atoms with Gasteiger partial charge in [-0.05, 0) is 6.42 Å². The molecule has 0 saturated carbocycles. The van der Waals surface area contributed by atoms with Gasteiger partial charge < -0.3 is 15.7 Å². The molecule has 1 atom stereocenters. The van der Waals surface area contributed by atoms with Crippen molar-refractivity contribution in [2.24, 2.45) is 0 Å². The zero-order chi connectivity index (χ0) is 6.53. The van der Waals surface area contributed by atoms with E-state index in [2.05, 4.69) is 10.6 Å². The molecule has 1 rings (SSSR count). The van der Waals surface area contributed by atoms with Gasteiger partial charge in [-0.25, -0.2) is 0 Å². The monoisotopic (exact) mass is 166 g/mol. The van der Waals surface area contributed by atoms with Crippen molar-refractivity contribution in [2.75, 3.05) is 26.2 Å². The Kier molecular flexibility index (Phi) is 6.02. The van der Waals surface area contributed by atoms with Crippen LogP contribution in [0.25, 0.3) is 0 Å². The van der Waals surface area contributed by atoms with Crippen LogP contribution in [0.1, 0.15) is 6.42 Å². The second-order valence-corrected chi connectivity index (χ2v) is 2.37. The highest BCUT2D eigenvalue weighted by Crippen LogP contribution is 1.91. The van der Waals surface area contributed by atoms with E-state index in [0.29, 0.717) is 12.6 Å². The van der Waals surface area contributed by atoms with Crippen molar-refractivity contribution in [1.82, 2.24) is 10.6 Å². The first-order valence-corrected chi connectivity index (χ1v) is 3.48. The first-order chi connectivity index (χ1) is 4.43. The molecular formula is C6H15ClN2O. The van der Waals surface area contributed by atoms with E-state index in [4.69, 9.17) is 5.11 Å². The number of aliphatic hydroxyl groups excluding tert-OH is 1. The minimum absolute atomic E-state index is 0. The van der Waals surface area contributed by atoms with Crippen LogP contribution in [0, 0.1) is 0 Å². The molecule has 0 bridgehead atoms. The van der Waals surface area contributed by atoms with Crippen molar-refractivity contribution in [2.45, 2.75) is 12.5 Å². The van der Waals surface area contributed by atoms with Gasteiger partial charge in [0.2, 0.25) is 0 Å². The third kappa shape index (κ3) is 3.37. The predicted octanol–water partition coefficient (Wildman–Crippen LogP) is -0.648. The van der Waals surface area contributed by atoms with Crippen molar-refractivity contribution < 1.29 is 5.11 Å². The molecule has 1 saturated heterocycles. The fourth-order valence-corrected chi connectivity index (χ4v) is 1.07. The molecule has 0 radical (unpaired) electrons. The zero-order valence-electron chi connectivity index (χ0n) is 5.97. The smallest absolute Gasteiger partial charge is 0.0446 e. The molecule has 0 spiro atoms. The molecule has 0 aromatic carbocycles. The van der Waals surface area contributed by atoms with Gasteiger partial charge in [-0.1, -0.05) is 0 Å². The standard InChI is InChI=1S/C6H14N2O.ClH/c9-4-1-6-5-7-2-3-8-6;/h6-9H,1-5H2;1H. The van der Waals surface area contributed by atoms with Crippen molar-refractivity contribution >= 4 is 12.4 Å². The van der Waals surface area contributed by atoms with Gasteiger partial charge in [0.25, 0.3) is 0 Å². The topological polar surface area (TPSA) is 44.3 Å². The molecule has 62 valence electrons. The Morgan fingerprint density at radius 2 is 2.20 bits per heavy atom. The molecule has 10 heavy (non-hydrogen) atoms. The molecule has 1 aliphatic heterocycles. The van der Waals surface area contributed by atoms with Crippen LogP contribution >= 0.6 is 12.4 Å². The molecule has 1 unspecified atom stereocenters. The normalized spacial score (nSPS) is 25.5. The molecule has 0 aromatic heterocycles. The first-order valence-electron chi connectivity index (χ1n) is 3.48. The van der Waals surface area contributed by atoms with E-state index >= 15 is 0 Å². The second-order valence-electron chi connectivity index (χ2n) is 2.37. The van der Waals surface area contributed by atoms with Crippen LogP contribution in [-0.2, 0) is 0 Å². The van der Waals surface area contributed by atoms with Crippen LogP contribution in [-0.4, -0.2) is 37.4 Å². The van der Waals surface area contributed by atoms with Crippen LogP contribution in [0.2, 0.25) is 0 Å². The van der Waals surface area contributed by atoms with E-state index in [-0.39, 0.29) is 12.4 Å². The summed E-state index contributed by atoms with van der Waals surface area (Å²) in [6.07, 6.45) is 0.868. The highest BCUT2D eigenvalue weighted by Gasteiger charge is 2.09. The van der Waals surface area contributed by atoms with E-state index in [9.17, 15) is 0 Å². The number of nitrogens with one attached hydrogen (secondary N) is 2. The maximum Gasteiger partial charge on any atom is 0.0446 e. The third-order valence-corrected chi connectivity index (χ3v) is 1.60. The number of hydrogen-bond donors (Lipinski definition) is 3. The summed E-state index contributed by atoms with van der Waals surface area (Å²) in [6.45, 7) is 3.38.